The van der Waals surface area contributed by atoms with Crippen LogP contribution in [0.3, 0.4) is 0 Å². The van der Waals surface area contributed by atoms with E-state index in [9.17, 15) is 9.50 Å². The zero-order valence-electron chi connectivity index (χ0n) is 12.5. The average molecular weight is 355 g/mol. The molecule has 0 saturated heterocycles. The molecule has 0 spiro atoms. The molecule has 21 heavy (non-hydrogen) atoms. The van der Waals surface area contributed by atoms with Crippen LogP contribution in [0.25, 0.3) is 0 Å². The quantitative estimate of drug-likeness (QED) is 0.889. The lowest BCUT2D eigenvalue weighted by molar-refractivity contribution is 0.0585. The number of hydrogen-bond donors (Lipinski definition) is 1. The average Bonchev–Trinajstić information content (AvgIpc) is 2.68. The van der Waals surface area contributed by atoms with Crippen LogP contribution in [0.1, 0.15) is 30.8 Å². The van der Waals surface area contributed by atoms with Gasteiger partial charge < -0.3 is 5.11 Å². The van der Waals surface area contributed by atoms with Crippen LogP contribution < -0.4 is 0 Å². The third-order valence-electron chi connectivity index (χ3n) is 3.50. The van der Waals surface area contributed by atoms with Gasteiger partial charge in [-0.3, -0.25) is 4.68 Å². The number of aromatic nitrogens is 2. The van der Waals surface area contributed by atoms with Crippen molar-refractivity contribution in [1.29, 1.82) is 0 Å². The van der Waals surface area contributed by atoms with Crippen molar-refractivity contribution in [3.8, 4) is 0 Å². The molecule has 114 valence electrons. The highest BCUT2D eigenvalue weighted by atomic mass is 79.9. The van der Waals surface area contributed by atoms with Crippen LogP contribution in [0.15, 0.2) is 28.7 Å². The Bertz CT molecular complexity index is 620. The molecule has 0 bridgehead atoms. The van der Waals surface area contributed by atoms with Crippen molar-refractivity contribution in [2.75, 3.05) is 0 Å². The highest BCUT2D eigenvalue weighted by Crippen LogP contribution is 2.27. The van der Waals surface area contributed by atoms with Crippen molar-refractivity contribution in [2.24, 2.45) is 0 Å². The number of benzene rings is 1. The third kappa shape index (κ3) is 3.92. The van der Waals surface area contributed by atoms with E-state index in [1.807, 2.05) is 18.5 Å². The monoisotopic (exact) mass is 354 g/mol. The van der Waals surface area contributed by atoms with E-state index in [1.54, 1.807) is 19.1 Å². The lowest BCUT2D eigenvalue weighted by Gasteiger charge is -2.24. The van der Waals surface area contributed by atoms with E-state index < -0.39 is 5.60 Å². The van der Waals surface area contributed by atoms with Crippen molar-refractivity contribution in [1.82, 2.24) is 9.78 Å². The molecule has 2 aromatic rings. The maximum atomic E-state index is 12.9. The lowest BCUT2D eigenvalue weighted by atomic mass is 9.91. The topological polar surface area (TPSA) is 38.0 Å². The Balaban J connectivity index is 2.19. The SMILES string of the molecule is CCn1nc(C)c(Br)c1CC(C)(O)Cc1ccc(F)cc1. The van der Waals surface area contributed by atoms with E-state index in [-0.39, 0.29) is 5.82 Å². The molecule has 0 saturated carbocycles. The van der Waals surface area contributed by atoms with E-state index in [2.05, 4.69) is 21.0 Å². The van der Waals surface area contributed by atoms with Crippen molar-refractivity contribution in [3.05, 3.63) is 51.5 Å². The van der Waals surface area contributed by atoms with Gasteiger partial charge in [0.15, 0.2) is 0 Å². The molecule has 0 aliphatic heterocycles. The Kier molecular flexibility index (Phi) is 4.84. The van der Waals surface area contributed by atoms with Crippen molar-refractivity contribution in [3.63, 3.8) is 0 Å². The number of halogens is 2. The molecular weight excluding hydrogens is 335 g/mol. The molecular formula is C16H20BrFN2O. The summed E-state index contributed by atoms with van der Waals surface area (Å²) in [4.78, 5) is 0. The first-order valence-corrected chi connectivity index (χ1v) is 7.80. The molecule has 5 heteroatoms. The molecule has 0 fully saturated rings. The van der Waals surface area contributed by atoms with Gasteiger partial charge in [0, 0.05) is 19.4 Å². The van der Waals surface area contributed by atoms with Crippen LogP contribution >= 0.6 is 15.9 Å². The minimum atomic E-state index is -0.917. The summed E-state index contributed by atoms with van der Waals surface area (Å²) < 4.78 is 15.8. The maximum Gasteiger partial charge on any atom is 0.123 e. The third-order valence-corrected chi connectivity index (χ3v) is 4.53. The summed E-state index contributed by atoms with van der Waals surface area (Å²) in [6, 6.07) is 6.26. The summed E-state index contributed by atoms with van der Waals surface area (Å²) in [7, 11) is 0. The highest BCUT2D eigenvalue weighted by Gasteiger charge is 2.26. The summed E-state index contributed by atoms with van der Waals surface area (Å²) in [6.45, 7) is 6.52. The summed E-state index contributed by atoms with van der Waals surface area (Å²) in [6.07, 6.45) is 0.952. The molecule has 1 aromatic heterocycles. The molecule has 0 amide bonds. The highest BCUT2D eigenvalue weighted by molar-refractivity contribution is 9.10. The molecule has 0 aliphatic carbocycles. The van der Waals surface area contributed by atoms with Gasteiger partial charge in [-0.2, -0.15) is 5.10 Å². The van der Waals surface area contributed by atoms with Crippen LogP contribution in [-0.2, 0) is 19.4 Å². The minimum Gasteiger partial charge on any atom is -0.389 e. The van der Waals surface area contributed by atoms with Gasteiger partial charge in [-0.1, -0.05) is 12.1 Å². The first-order valence-electron chi connectivity index (χ1n) is 7.01. The van der Waals surface area contributed by atoms with E-state index in [0.717, 1.165) is 28.0 Å². The molecule has 0 aliphatic rings. The fourth-order valence-electron chi connectivity index (χ4n) is 2.50. The summed E-state index contributed by atoms with van der Waals surface area (Å²) in [5.74, 6) is -0.263. The maximum absolute atomic E-state index is 12.9. The smallest absolute Gasteiger partial charge is 0.123 e. The zero-order chi connectivity index (χ0) is 15.6. The van der Waals surface area contributed by atoms with Gasteiger partial charge in [-0.25, -0.2) is 4.39 Å². The molecule has 2 rings (SSSR count). The molecule has 1 heterocycles. The molecule has 1 atom stereocenters. The fourth-order valence-corrected chi connectivity index (χ4v) is 2.93. The molecule has 3 nitrogen and oxygen atoms in total. The van der Waals surface area contributed by atoms with E-state index in [1.165, 1.54) is 12.1 Å². The second-order valence-corrected chi connectivity index (χ2v) is 6.43. The van der Waals surface area contributed by atoms with E-state index >= 15 is 0 Å². The number of hydrogen-bond acceptors (Lipinski definition) is 2. The number of aryl methyl sites for hydroxylation is 2. The van der Waals surface area contributed by atoms with Crippen LogP contribution in [0.4, 0.5) is 4.39 Å². The van der Waals surface area contributed by atoms with Gasteiger partial charge in [0.05, 0.1) is 21.5 Å². The number of rotatable bonds is 5. The second kappa shape index (κ2) is 6.28. The van der Waals surface area contributed by atoms with Crippen LogP contribution in [0, 0.1) is 12.7 Å². The van der Waals surface area contributed by atoms with Gasteiger partial charge in [0.1, 0.15) is 5.82 Å². The Morgan fingerprint density at radius 3 is 2.48 bits per heavy atom. The molecule has 1 aromatic carbocycles. The van der Waals surface area contributed by atoms with Gasteiger partial charge >= 0.3 is 0 Å². The predicted octanol–water partition coefficient (Wildman–Crippen LogP) is 3.65. The standard InChI is InChI=1S/C16H20BrFN2O/c1-4-20-14(15(17)11(2)19-20)10-16(3,21)9-12-5-7-13(18)8-6-12/h5-8,21H,4,9-10H2,1-3H3. The Hall–Kier alpha value is -1.20. The summed E-state index contributed by atoms with van der Waals surface area (Å²) in [5.41, 5.74) is 1.91. The second-order valence-electron chi connectivity index (χ2n) is 5.64. The summed E-state index contributed by atoms with van der Waals surface area (Å²) >= 11 is 3.55. The molecule has 1 unspecified atom stereocenters. The molecule has 1 N–H and O–H groups in total. The first kappa shape index (κ1) is 16.2. The predicted molar refractivity (Wildman–Crippen MR) is 84.8 cm³/mol. The van der Waals surface area contributed by atoms with Crippen molar-refractivity contribution < 1.29 is 9.50 Å². The van der Waals surface area contributed by atoms with Gasteiger partial charge in [-0.15, -0.1) is 0 Å². The fraction of sp³-hybridized carbons (Fsp3) is 0.438. The Morgan fingerprint density at radius 1 is 1.29 bits per heavy atom. The van der Waals surface area contributed by atoms with Crippen LogP contribution in [-0.4, -0.2) is 20.5 Å². The van der Waals surface area contributed by atoms with Crippen LogP contribution in [0.2, 0.25) is 0 Å². The van der Waals surface area contributed by atoms with E-state index in [4.69, 9.17) is 0 Å². The Morgan fingerprint density at radius 2 is 1.90 bits per heavy atom. The zero-order valence-corrected chi connectivity index (χ0v) is 14.1. The minimum absolute atomic E-state index is 0.263. The van der Waals surface area contributed by atoms with Crippen molar-refractivity contribution >= 4 is 15.9 Å². The Labute approximate surface area is 132 Å². The molecule has 0 radical (unpaired) electrons. The first-order chi connectivity index (χ1) is 9.82. The lowest BCUT2D eigenvalue weighted by Crippen LogP contribution is -2.31. The largest absolute Gasteiger partial charge is 0.389 e. The normalized spacial score (nSPS) is 14.2. The number of aliphatic hydroxyl groups is 1. The van der Waals surface area contributed by atoms with E-state index in [0.29, 0.717) is 12.8 Å². The van der Waals surface area contributed by atoms with Gasteiger partial charge in [0.2, 0.25) is 0 Å². The van der Waals surface area contributed by atoms with Crippen LogP contribution in [0.5, 0.6) is 0 Å². The van der Waals surface area contributed by atoms with Gasteiger partial charge in [0.25, 0.3) is 0 Å². The van der Waals surface area contributed by atoms with Crippen molar-refractivity contribution in [2.45, 2.75) is 45.8 Å². The van der Waals surface area contributed by atoms with Gasteiger partial charge in [-0.05, 0) is 54.4 Å². The number of nitrogens with zero attached hydrogens (tertiary/aromatic N) is 2. The summed E-state index contributed by atoms with van der Waals surface area (Å²) in [5, 5.41) is 15.1.